The number of piperidine rings is 1. The van der Waals surface area contributed by atoms with Crippen LogP contribution in [0.5, 0.6) is 5.75 Å². The molecule has 172 valence electrons. The molecule has 0 aromatic heterocycles. The summed E-state index contributed by atoms with van der Waals surface area (Å²) < 4.78 is 12.7. The van der Waals surface area contributed by atoms with Crippen LogP contribution in [0.3, 0.4) is 0 Å². The Hall–Kier alpha value is -1.43. The monoisotopic (exact) mass is 428 g/mol. The molecule has 3 fully saturated rings. The standard InChI is InChI=1S/C23H31NO3.C3H9N/c25-15-17-4-6-18(7-5-17)19-8-9-22-20(14-19)16-26-23(27-22)10-12-24(13-11-23)21-2-1-3-21;1-3-4-2/h8-9,14-15,17-18,21H,1-7,10-13,16H2;4H,3H2,1-2H3. The van der Waals surface area contributed by atoms with Crippen LogP contribution in [0.4, 0.5) is 0 Å². The second kappa shape index (κ2) is 10.5. The summed E-state index contributed by atoms with van der Waals surface area (Å²) in [5.74, 6) is 1.46. The van der Waals surface area contributed by atoms with Gasteiger partial charge in [0.05, 0.1) is 6.61 Å². The van der Waals surface area contributed by atoms with Crippen molar-refractivity contribution in [2.24, 2.45) is 5.92 Å². The number of aldehydes is 1. The molecular formula is C26H40N2O3. The first-order valence-electron chi connectivity index (χ1n) is 12.5. The highest BCUT2D eigenvalue weighted by molar-refractivity contribution is 5.53. The normalized spacial score (nSPS) is 27.9. The van der Waals surface area contributed by atoms with Gasteiger partial charge in [0.2, 0.25) is 5.79 Å². The molecule has 5 heteroatoms. The minimum atomic E-state index is -0.406. The molecule has 5 nitrogen and oxygen atoms in total. The molecule has 1 N–H and O–H groups in total. The second-order valence-corrected chi connectivity index (χ2v) is 9.74. The minimum Gasteiger partial charge on any atom is -0.462 e. The van der Waals surface area contributed by atoms with Crippen molar-refractivity contribution in [1.82, 2.24) is 10.2 Å². The van der Waals surface area contributed by atoms with E-state index in [1.807, 2.05) is 7.05 Å². The fourth-order valence-electron chi connectivity index (χ4n) is 5.32. The van der Waals surface area contributed by atoms with Gasteiger partial charge in [-0.1, -0.05) is 19.4 Å². The number of hydrogen-bond acceptors (Lipinski definition) is 5. The number of carbonyl (C=O) groups is 1. The first-order chi connectivity index (χ1) is 15.2. The van der Waals surface area contributed by atoms with Crippen LogP contribution in [0, 0.1) is 5.92 Å². The van der Waals surface area contributed by atoms with Gasteiger partial charge in [-0.3, -0.25) is 4.90 Å². The number of fused-ring (bicyclic) bond motifs is 1. The maximum Gasteiger partial charge on any atom is 0.213 e. The first kappa shape index (κ1) is 22.8. The average Bonchev–Trinajstić information content (AvgIpc) is 2.79. The molecule has 0 unspecified atom stereocenters. The van der Waals surface area contributed by atoms with Gasteiger partial charge in [-0.25, -0.2) is 0 Å². The molecule has 1 aromatic rings. The molecular weight excluding hydrogens is 388 g/mol. The molecule has 0 bridgehead atoms. The van der Waals surface area contributed by atoms with Gasteiger partial charge in [0, 0.05) is 43.5 Å². The van der Waals surface area contributed by atoms with E-state index < -0.39 is 5.79 Å². The van der Waals surface area contributed by atoms with E-state index in [2.05, 4.69) is 35.3 Å². The van der Waals surface area contributed by atoms with Crippen molar-refractivity contribution in [3.05, 3.63) is 29.3 Å². The van der Waals surface area contributed by atoms with Crippen molar-refractivity contribution >= 4 is 6.29 Å². The van der Waals surface area contributed by atoms with Crippen LogP contribution >= 0.6 is 0 Å². The van der Waals surface area contributed by atoms with Gasteiger partial charge in [-0.2, -0.15) is 0 Å². The van der Waals surface area contributed by atoms with Crippen molar-refractivity contribution in [2.75, 3.05) is 26.7 Å². The topological polar surface area (TPSA) is 50.8 Å². The van der Waals surface area contributed by atoms with Crippen LogP contribution in [0.15, 0.2) is 18.2 Å². The molecule has 2 aliphatic heterocycles. The molecule has 2 saturated carbocycles. The minimum absolute atomic E-state index is 0.274. The summed E-state index contributed by atoms with van der Waals surface area (Å²) in [7, 11) is 1.93. The van der Waals surface area contributed by atoms with Crippen LogP contribution < -0.4 is 10.1 Å². The quantitative estimate of drug-likeness (QED) is 0.708. The smallest absolute Gasteiger partial charge is 0.213 e. The van der Waals surface area contributed by atoms with E-state index in [4.69, 9.17) is 9.47 Å². The van der Waals surface area contributed by atoms with Gasteiger partial charge in [0.25, 0.3) is 0 Å². The average molecular weight is 429 g/mol. The first-order valence-corrected chi connectivity index (χ1v) is 12.5. The Morgan fingerprint density at radius 2 is 1.84 bits per heavy atom. The lowest BCUT2D eigenvalue weighted by Gasteiger charge is -2.47. The Morgan fingerprint density at radius 1 is 1.13 bits per heavy atom. The number of carbonyl (C=O) groups excluding carboxylic acids is 1. The highest BCUT2D eigenvalue weighted by Crippen LogP contribution is 2.42. The Kier molecular flexibility index (Phi) is 7.68. The summed E-state index contributed by atoms with van der Waals surface area (Å²) >= 11 is 0. The maximum atomic E-state index is 11.0. The van der Waals surface area contributed by atoms with Gasteiger partial charge in [-0.05, 0) is 75.7 Å². The van der Waals surface area contributed by atoms with Crippen molar-refractivity contribution in [3.63, 3.8) is 0 Å². The number of likely N-dealkylation sites (tertiary alicyclic amines) is 1. The third-order valence-electron chi connectivity index (χ3n) is 7.81. The van der Waals surface area contributed by atoms with Gasteiger partial charge in [0.15, 0.2) is 0 Å². The third-order valence-corrected chi connectivity index (χ3v) is 7.81. The molecule has 0 atom stereocenters. The van der Waals surface area contributed by atoms with Crippen LogP contribution in [0.25, 0.3) is 0 Å². The van der Waals surface area contributed by atoms with Crippen LogP contribution in [0.1, 0.15) is 81.8 Å². The third kappa shape index (κ3) is 5.32. The second-order valence-electron chi connectivity index (χ2n) is 9.74. The van der Waals surface area contributed by atoms with E-state index in [1.165, 1.54) is 30.4 Å². The number of benzene rings is 1. The largest absolute Gasteiger partial charge is 0.462 e. The molecule has 5 rings (SSSR count). The van der Waals surface area contributed by atoms with Gasteiger partial charge in [-0.15, -0.1) is 0 Å². The van der Waals surface area contributed by atoms with Crippen molar-refractivity contribution in [1.29, 1.82) is 0 Å². The molecule has 1 spiro atoms. The van der Waals surface area contributed by atoms with E-state index in [0.29, 0.717) is 12.5 Å². The van der Waals surface area contributed by atoms with Crippen molar-refractivity contribution < 1.29 is 14.3 Å². The van der Waals surface area contributed by atoms with E-state index in [0.717, 1.165) is 76.2 Å². The molecule has 4 aliphatic rings. The lowest BCUT2D eigenvalue weighted by atomic mass is 9.79. The van der Waals surface area contributed by atoms with Gasteiger partial charge >= 0.3 is 0 Å². The zero-order valence-electron chi connectivity index (χ0n) is 19.4. The summed E-state index contributed by atoms with van der Waals surface area (Å²) in [6.07, 6.45) is 11.5. The molecule has 2 heterocycles. The number of hydrogen-bond donors (Lipinski definition) is 1. The SMILES string of the molecule is CCNC.O=CC1CCC(c2ccc3c(c2)COC2(CCN(C4CCC4)CC2)O3)CC1. The Morgan fingerprint density at radius 3 is 2.42 bits per heavy atom. The summed E-state index contributed by atoms with van der Waals surface area (Å²) in [6.45, 7) is 5.99. The van der Waals surface area contributed by atoms with E-state index in [9.17, 15) is 4.79 Å². The summed E-state index contributed by atoms with van der Waals surface area (Å²) in [6, 6.07) is 7.51. The molecule has 1 aromatic carbocycles. The molecule has 0 amide bonds. The summed E-state index contributed by atoms with van der Waals surface area (Å²) in [4.78, 5) is 13.6. The molecule has 31 heavy (non-hydrogen) atoms. The van der Waals surface area contributed by atoms with Crippen molar-refractivity contribution in [2.45, 2.75) is 89.1 Å². The van der Waals surface area contributed by atoms with E-state index in [-0.39, 0.29) is 5.92 Å². The lowest BCUT2D eigenvalue weighted by molar-refractivity contribution is -0.231. The fraction of sp³-hybridized carbons (Fsp3) is 0.731. The van der Waals surface area contributed by atoms with Crippen molar-refractivity contribution in [3.8, 4) is 5.75 Å². The highest BCUT2D eigenvalue weighted by Gasteiger charge is 2.42. The Bertz CT molecular complexity index is 715. The number of rotatable bonds is 4. The van der Waals surface area contributed by atoms with E-state index >= 15 is 0 Å². The van der Waals surface area contributed by atoms with E-state index in [1.54, 1.807) is 0 Å². The zero-order chi connectivity index (χ0) is 21.7. The van der Waals surface area contributed by atoms with Gasteiger partial charge in [0.1, 0.15) is 12.0 Å². The maximum absolute atomic E-state index is 11.0. The molecule has 2 aliphatic carbocycles. The molecule has 1 saturated heterocycles. The van der Waals surface area contributed by atoms with Crippen LogP contribution in [-0.2, 0) is 16.1 Å². The van der Waals surface area contributed by atoms with Crippen LogP contribution in [-0.4, -0.2) is 49.7 Å². The van der Waals surface area contributed by atoms with Gasteiger partial charge < -0.3 is 19.6 Å². The molecule has 0 radical (unpaired) electrons. The Balaban J connectivity index is 0.000000535. The summed E-state index contributed by atoms with van der Waals surface area (Å²) in [5.41, 5.74) is 2.58. The lowest BCUT2D eigenvalue weighted by Crippen LogP contribution is -2.54. The number of ether oxygens (including phenoxy) is 2. The number of nitrogens with zero attached hydrogens (tertiary/aromatic N) is 1. The highest BCUT2D eigenvalue weighted by atomic mass is 16.7. The fourth-order valence-corrected chi connectivity index (χ4v) is 5.32. The Labute approximate surface area is 187 Å². The predicted octanol–water partition coefficient (Wildman–Crippen LogP) is 4.64. The zero-order valence-corrected chi connectivity index (χ0v) is 19.4. The summed E-state index contributed by atoms with van der Waals surface area (Å²) in [5, 5.41) is 2.93. The van der Waals surface area contributed by atoms with Crippen LogP contribution in [0.2, 0.25) is 0 Å². The number of nitrogens with one attached hydrogen (secondary N) is 1. The predicted molar refractivity (Wildman–Crippen MR) is 123 cm³/mol.